The first kappa shape index (κ1) is 86.0. The fraction of sp³-hybridized carbons (Fsp3) is 0.683. The van der Waals surface area contributed by atoms with Crippen molar-refractivity contribution in [1.82, 2.24) is 9.30 Å². The van der Waals surface area contributed by atoms with Gasteiger partial charge in [-0.3, -0.25) is 14.4 Å². The highest BCUT2D eigenvalue weighted by molar-refractivity contribution is 7.89. The fourth-order valence-corrected chi connectivity index (χ4v) is 14.9. The zero-order chi connectivity index (χ0) is 71.6. The lowest BCUT2D eigenvalue weighted by molar-refractivity contribution is -0.167. The first-order valence-corrected chi connectivity index (χ1v) is 42.2. The number of ether oxygens (including phenoxy) is 3. The Balaban J connectivity index is 1.11. The van der Waals surface area contributed by atoms with E-state index in [2.05, 4.69) is 80.0 Å². The van der Waals surface area contributed by atoms with Crippen LogP contribution >= 0.6 is 0 Å². The number of esters is 3. The number of allylic oxidation sites excluding steroid dienone is 4. The molecule has 2 aliphatic rings. The van der Waals surface area contributed by atoms with Crippen LogP contribution in [-0.4, -0.2) is 91.3 Å². The molecule has 0 unspecified atom stereocenters. The van der Waals surface area contributed by atoms with E-state index < -0.39 is 31.1 Å². The number of hydrogen-bond acceptors (Lipinski definition) is 13. The molecule has 1 heterocycles. The van der Waals surface area contributed by atoms with E-state index in [4.69, 9.17) is 18.6 Å². The number of anilines is 1. The van der Waals surface area contributed by atoms with Crippen LogP contribution in [-0.2, 0) is 48.7 Å². The lowest BCUT2D eigenvalue weighted by Gasteiger charge is -2.23. The molecule has 0 amide bonds. The van der Waals surface area contributed by atoms with Gasteiger partial charge >= 0.3 is 17.9 Å². The van der Waals surface area contributed by atoms with Crippen LogP contribution in [0.2, 0.25) is 0 Å². The van der Waals surface area contributed by atoms with E-state index in [0.29, 0.717) is 47.1 Å². The van der Waals surface area contributed by atoms with Gasteiger partial charge in [0.25, 0.3) is 0 Å². The summed E-state index contributed by atoms with van der Waals surface area (Å²) in [6, 6.07) is 15.2. The average Bonchev–Trinajstić information content (AvgIpc) is 0.740. The van der Waals surface area contributed by atoms with Crippen molar-refractivity contribution >= 4 is 54.7 Å². The topological polar surface area (TPSA) is 202 Å². The van der Waals surface area contributed by atoms with Crippen LogP contribution in [0, 0.1) is 0 Å². The SMILES string of the molecule is CCCCCCCC/C=C\CCCCCCCC(=O)OC[C@H](COC(=O)CCCCCCCCCCCCCCCNS(=O)(=O)c1ccc(-c2c3ccc(=[N+](CC)CC)cc-3oc3cc(N(CC)CC)ccc23)c(S(=O)(=O)[O-])c1)OC(=O)CCCCCCC/C=C\CCCCCCCC. The summed E-state index contributed by atoms with van der Waals surface area (Å²) in [5, 5.41) is 1.52. The molecule has 1 atom stereocenters. The Morgan fingerprint density at radius 2 is 0.919 bits per heavy atom. The summed E-state index contributed by atoms with van der Waals surface area (Å²) in [6.07, 6.45) is 52.7. The van der Waals surface area contributed by atoms with Gasteiger partial charge in [0.05, 0.1) is 15.9 Å². The second kappa shape index (κ2) is 52.6. The number of unbranched alkanes of at least 4 members (excludes halogenated alkanes) is 34. The normalized spacial score (nSPS) is 12.4. The van der Waals surface area contributed by atoms with Crippen molar-refractivity contribution in [3.05, 3.63) is 84.3 Å². The number of carbonyl (C=O) groups excluding carboxylic acids is 3. The molecule has 4 rings (SSSR count). The third-order valence-electron chi connectivity index (χ3n) is 19.0. The average molecular weight is 1420 g/mol. The molecular formula is C82H131N3O12S2. The monoisotopic (exact) mass is 1410 g/mol. The van der Waals surface area contributed by atoms with Crippen molar-refractivity contribution in [2.75, 3.05) is 50.8 Å². The van der Waals surface area contributed by atoms with Crippen LogP contribution in [0.3, 0.4) is 0 Å². The highest BCUT2D eigenvalue weighted by Gasteiger charge is 2.26. The molecule has 17 heteroatoms. The summed E-state index contributed by atoms with van der Waals surface area (Å²) < 4.78 is 94.9. The van der Waals surface area contributed by atoms with E-state index in [9.17, 15) is 35.8 Å². The second-order valence-corrected chi connectivity index (χ2v) is 30.3. The van der Waals surface area contributed by atoms with Gasteiger partial charge in [0.15, 0.2) is 6.10 Å². The van der Waals surface area contributed by atoms with Gasteiger partial charge in [-0.2, -0.15) is 0 Å². The molecule has 0 fully saturated rings. The minimum atomic E-state index is -5.16. The summed E-state index contributed by atoms with van der Waals surface area (Å²) in [5.74, 6) is -0.522. The zero-order valence-electron chi connectivity index (χ0n) is 62.3. The molecule has 0 saturated heterocycles. The molecule has 2 aromatic carbocycles. The number of benzene rings is 3. The molecule has 558 valence electrons. The third kappa shape index (κ3) is 35.9. The number of nitrogens with zero attached hydrogens (tertiary/aromatic N) is 2. The van der Waals surface area contributed by atoms with E-state index in [1.54, 1.807) is 0 Å². The maximum Gasteiger partial charge on any atom is 0.306 e. The van der Waals surface area contributed by atoms with Crippen molar-refractivity contribution in [2.24, 2.45) is 0 Å². The van der Waals surface area contributed by atoms with Gasteiger partial charge in [-0.1, -0.05) is 218 Å². The third-order valence-corrected chi connectivity index (χ3v) is 21.4. The summed E-state index contributed by atoms with van der Waals surface area (Å²) in [5.41, 5.74) is 2.60. The van der Waals surface area contributed by atoms with Crippen molar-refractivity contribution in [3.63, 3.8) is 0 Å². The summed E-state index contributed by atoms with van der Waals surface area (Å²) in [6.45, 7) is 15.7. The Labute approximate surface area is 599 Å². The van der Waals surface area contributed by atoms with Crippen molar-refractivity contribution < 1.29 is 54.4 Å². The van der Waals surface area contributed by atoms with Crippen molar-refractivity contribution in [1.29, 1.82) is 0 Å². The standard InChI is InChI=1S/C82H131N3O12S2/c1-7-13-15-17-19-21-23-25-27-30-34-38-42-46-50-54-79(86)94-67-71(96-81(88)56-52-48-44-40-36-31-28-26-24-22-20-18-16-14-8-2)68-95-80(87)55-51-47-43-39-35-32-29-33-37-41-45-49-53-63-83-98(89,90)72-59-62-75(78(66-72)99(91,92)93)82-73-60-57-69(84(9-3)10-4)64-76(73)97-77-65-70(58-61-74(77)82)85(11-5)12-6/h25-28,57-62,64-66,71,83H,7-24,29-56,63,67-68H2,1-6H3/b27-25-,28-26-/t71-/m1/s1. The molecule has 1 aliphatic heterocycles. The molecule has 0 aromatic heterocycles. The molecule has 99 heavy (non-hydrogen) atoms. The van der Waals surface area contributed by atoms with Gasteiger partial charge in [-0.15, -0.1) is 0 Å². The maximum absolute atomic E-state index is 13.7. The molecule has 1 aliphatic carbocycles. The zero-order valence-corrected chi connectivity index (χ0v) is 64.0. The minimum absolute atomic E-state index is 0.105. The molecule has 1 N–H and O–H groups in total. The van der Waals surface area contributed by atoms with Gasteiger partial charge in [0.1, 0.15) is 47.8 Å². The van der Waals surface area contributed by atoms with Gasteiger partial charge in [-0.25, -0.2) is 26.1 Å². The highest BCUT2D eigenvalue weighted by Crippen LogP contribution is 2.43. The number of nitrogens with one attached hydrogen (secondary N) is 1. The molecule has 0 spiro atoms. The molecule has 0 radical (unpaired) electrons. The molecule has 0 bridgehead atoms. The van der Waals surface area contributed by atoms with Crippen LogP contribution in [0.5, 0.6) is 0 Å². The summed E-state index contributed by atoms with van der Waals surface area (Å²) in [4.78, 5) is 39.9. The van der Waals surface area contributed by atoms with Gasteiger partial charge in [0, 0.05) is 78.8 Å². The number of sulfonamides is 1. The van der Waals surface area contributed by atoms with E-state index in [0.717, 1.165) is 191 Å². The second-order valence-electron chi connectivity index (χ2n) is 27.2. The van der Waals surface area contributed by atoms with Crippen molar-refractivity contribution in [3.8, 4) is 22.5 Å². The summed E-state index contributed by atoms with van der Waals surface area (Å²) in [7, 11) is -9.31. The first-order valence-electron chi connectivity index (χ1n) is 39.3. The Kier molecular flexibility index (Phi) is 45.7. The highest BCUT2D eigenvalue weighted by atomic mass is 32.2. The number of hydrogen-bond donors (Lipinski definition) is 1. The largest absolute Gasteiger partial charge is 0.744 e. The van der Waals surface area contributed by atoms with Crippen LogP contribution in [0.15, 0.2) is 93.1 Å². The van der Waals surface area contributed by atoms with Crippen LogP contribution < -0.4 is 19.6 Å². The smallest absolute Gasteiger partial charge is 0.306 e. The van der Waals surface area contributed by atoms with E-state index in [1.807, 2.05) is 36.4 Å². The Hall–Kier alpha value is -5.36. The Bertz CT molecular complexity index is 3200. The van der Waals surface area contributed by atoms with Crippen LogP contribution in [0.1, 0.15) is 311 Å². The minimum Gasteiger partial charge on any atom is -0.744 e. The van der Waals surface area contributed by atoms with Gasteiger partial charge in [-0.05, 0) is 135 Å². The van der Waals surface area contributed by atoms with E-state index in [-0.39, 0.29) is 61.0 Å². The lowest BCUT2D eigenvalue weighted by atomic mass is 9.93. The van der Waals surface area contributed by atoms with E-state index >= 15 is 0 Å². The quantitative estimate of drug-likeness (QED) is 0.00833. The van der Waals surface area contributed by atoms with Gasteiger partial charge in [0.2, 0.25) is 15.4 Å². The van der Waals surface area contributed by atoms with Gasteiger partial charge < -0.3 is 28.1 Å². The molecular weight excluding hydrogens is 1280 g/mol. The van der Waals surface area contributed by atoms with E-state index in [1.165, 1.54) is 102 Å². The van der Waals surface area contributed by atoms with Crippen molar-refractivity contribution in [2.45, 2.75) is 327 Å². The number of carbonyl (C=O) groups is 3. The van der Waals surface area contributed by atoms with Crippen LogP contribution in [0.25, 0.3) is 33.4 Å². The fourth-order valence-electron chi connectivity index (χ4n) is 13.0. The maximum atomic E-state index is 13.7. The van der Waals surface area contributed by atoms with Crippen LogP contribution in [0.4, 0.5) is 5.69 Å². The Morgan fingerprint density at radius 1 is 0.495 bits per heavy atom. The predicted octanol–water partition coefficient (Wildman–Crippen LogP) is 20.6. The summed E-state index contributed by atoms with van der Waals surface area (Å²) >= 11 is 0. The lowest BCUT2D eigenvalue weighted by Crippen LogP contribution is -2.30. The number of rotatable bonds is 60. The number of fused-ring (bicyclic) bond motifs is 2. The molecule has 2 aromatic rings. The molecule has 0 saturated carbocycles. The first-order chi connectivity index (χ1) is 48.1. The predicted molar refractivity (Wildman–Crippen MR) is 407 cm³/mol. The molecule has 15 nitrogen and oxygen atoms in total. The Morgan fingerprint density at radius 3 is 1.36 bits per heavy atom.